The van der Waals surface area contributed by atoms with Crippen molar-refractivity contribution in [1.82, 2.24) is 0 Å². The van der Waals surface area contributed by atoms with Gasteiger partial charge in [-0.25, -0.2) is 0 Å². The van der Waals surface area contributed by atoms with Gasteiger partial charge in [0.15, 0.2) is 0 Å². The summed E-state index contributed by atoms with van der Waals surface area (Å²) < 4.78 is 0. The van der Waals surface area contributed by atoms with E-state index >= 15 is 0 Å². The third kappa shape index (κ3) is 3.96. The Morgan fingerprint density at radius 3 is 1.73 bits per heavy atom. The van der Waals surface area contributed by atoms with Crippen molar-refractivity contribution in [3.8, 4) is 0 Å². The topological polar surface area (TPSA) is 0 Å². The van der Waals surface area contributed by atoms with Crippen molar-refractivity contribution in [2.45, 2.75) is 45.8 Å². The van der Waals surface area contributed by atoms with Gasteiger partial charge in [-0.05, 0) is 22.9 Å². The summed E-state index contributed by atoms with van der Waals surface area (Å²) in [7, 11) is -1.75. The van der Waals surface area contributed by atoms with Crippen LogP contribution in [0.1, 0.15) is 27.7 Å². The summed E-state index contributed by atoms with van der Waals surface area (Å²) >= 11 is 18.5. The molecule has 0 spiro atoms. The Bertz CT molecular complexity index is 289. The van der Waals surface area contributed by atoms with E-state index in [9.17, 15) is 0 Å². The van der Waals surface area contributed by atoms with Gasteiger partial charge in [-0.2, -0.15) is 0 Å². The standard InChI is InChI=1S/C10H19Cl3Si2/c1-7-8-9(15(11,12)13)14(5,6)10(2,3)4/h7H,1-6H3. The van der Waals surface area contributed by atoms with Gasteiger partial charge in [-0.1, -0.05) is 33.9 Å². The third-order valence-corrected chi connectivity index (χ3v) is 15.1. The fraction of sp³-hybridized carbons (Fsp3) is 0.700. The second-order valence-corrected chi connectivity index (χ2v) is 19.3. The van der Waals surface area contributed by atoms with Crippen molar-refractivity contribution in [2.75, 3.05) is 0 Å². The van der Waals surface area contributed by atoms with E-state index in [4.69, 9.17) is 33.2 Å². The molecule has 0 radical (unpaired) electrons. The fourth-order valence-corrected chi connectivity index (χ4v) is 13.5. The van der Waals surface area contributed by atoms with E-state index in [-0.39, 0.29) is 5.04 Å². The molecule has 0 saturated carbocycles. The predicted octanol–water partition coefficient (Wildman–Crippen LogP) is 5.33. The van der Waals surface area contributed by atoms with Crippen molar-refractivity contribution in [3.63, 3.8) is 0 Å². The first-order valence-corrected chi connectivity index (χ1v) is 13.0. The lowest BCUT2D eigenvalue weighted by Crippen LogP contribution is -2.45. The molecule has 88 valence electrons. The maximum Gasteiger partial charge on any atom is 0.372 e. The molecule has 0 N–H and O–H groups in total. The monoisotopic (exact) mass is 300 g/mol. The van der Waals surface area contributed by atoms with Crippen LogP contribution in [0.3, 0.4) is 0 Å². The molecule has 0 aromatic carbocycles. The molecule has 0 unspecified atom stereocenters. The Morgan fingerprint density at radius 1 is 1.13 bits per heavy atom. The highest BCUT2D eigenvalue weighted by Gasteiger charge is 2.48. The zero-order valence-electron chi connectivity index (χ0n) is 10.2. The summed E-state index contributed by atoms with van der Waals surface area (Å²) in [6.45, 7) is 13.0. The van der Waals surface area contributed by atoms with Crippen molar-refractivity contribution in [3.05, 3.63) is 16.6 Å². The lowest BCUT2D eigenvalue weighted by Gasteiger charge is -2.39. The SMILES string of the molecule is CC=C=C([Si](Cl)(Cl)Cl)[Si](C)(C)C(C)(C)C. The van der Waals surface area contributed by atoms with Crippen LogP contribution in [0.4, 0.5) is 0 Å². The molecule has 0 aliphatic heterocycles. The van der Waals surface area contributed by atoms with Gasteiger partial charge in [-0.3, -0.25) is 0 Å². The molecule has 0 bridgehead atoms. The molecule has 0 aliphatic carbocycles. The fourth-order valence-electron chi connectivity index (χ4n) is 1.14. The largest absolute Gasteiger partial charge is 0.372 e. The molecular weight excluding hydrogens is 283 g/mol. The second-order valence-electron chi connectivity index (χ2n) is 5.18. The molecule has 0 heterocycles. The number of halogens is 3. The van der Waals surface area contributed by atoms with Gasteiger partial charge in [-0.15, -0.1) is 39.0 Å². The van der Waals surface area contributed by atoms with Gasteiger partial charge in [0.25, 0.3) is 0 Å². The minimum atomic E-state index is -2.80. The van der Waals surface area contributed by atoms with Crippen LogP contribution < -0.4 is 0 Å². The van der Waals surface area contributed by atoms with Gasteiger partial charge >= 0.3 is 6.00 Å². The Kier molecular flexibility index (Phi) is 5.27. The molecule has 0 aromatic heterocycles. The minimum absolute atomic E-state index is 0.176. The molecule has 0 amide bonds. The van der Waals surface area contributed by atoms with E-state index in [1.54, 1.807) is 0 Å². The molecule has 0 fully saturated rings. The van der Waals surface area contributed by atoms with Crippen LogP contribution in [0.25, 0.3) is 0 Å². The lowest BCUT2D eigenvalue weighted by molar-refractivity contribution is 0.727. The minimum Gasteiger partial charge on any atom is -0.131 e. The molecule has 0 saturated heterocycles. The molecule has 0 nitrogen and oxygen atoms in total. The summed E-state index contributed by atoms with van der Waals surface area (Å²) in [5.74, 6) is 0. The van der Waals surface area contributed by atoms with E-state index in [1.165, 1.54) is 0 Å². The Balaban J connectivity index is 5.62. The highest BCUT2D eigenvalue weighted by molar-refractivity contribution is 7.69. The number of hydrogen-bond donors (Lipinski definition) is 0. The van der Waals surface area contributed by atoms with Crippen molar-refractivity contribution in [2.24, 2.45) is 0 Å². The average Bonchev–Trinajstić information content (AvgIpc) is 1.95. The van der Waals surface area contributed by atoms with Crippen LogP contribution in [0.2, 0.25) is 18.1 Å². The quantitative estimate of drug-likeness (QED) is 0.367. The van der Waals surface area contributed by atoms with E-state index in [0.29, 0.717) is 0 Å². The highest BCUT2D eigenvalue weighted by atomic mass is 35.8. The molecule has 0 atom stereocenters. The van der Waals surface area contributed by atoms with E-state index < -0.39 is 14.1 Å². The van der Waals surface area contributed by atoms with Crippen LogP contribution in [0.5, 0.6) is 0 Å². The van der Waals surface area contributed by atoms with Crippen LogP contribution in [0.15, 0.2) is 16.6 Å². The summed E-state index contributed by atoms with van der Waals surface area (Å²) in [4.78, 5) is 0.981. The lowest BCUT2D eigenvalue weighted by atomic mass is 10.2. The molecular formula is C10H19Cl3Si2. The molecule has 15 heavy (non-hydrogen) atoms. The summed E-state index contributed by atoms with van der Waals surface area (Å²) in [5, 5.41) is 0.176. The van der Waals surface area contributed by atoms with Crippen molar-refractivity contribution in [1.29, 1.82) is 0 Å². The molecule has 0 aliphatic rings. The van der Waals surface area contributed by atoms with Crippen LogP contribution >= 0.6 is 33.2 Å². The number of rotatable bonds is 2. The van der Waals surface area contributed by atoms with Crippen molar-refractivity contribution >= 4 is 47.3 Å². The smallest absolute Gasteiger partial charge is 0.131 e. The van der Waals surface area contributed by atoms with E-state index in [1.807, 2.05) is 13.0 Å². The first-order chi connectivity index (χ1) is 6.44. The van der Waals surface area contributed by atoms with Gasteiger partial charge in [0.05, 0.1) is 8.07 Å². The summed E-state index contributed by atoms with van der Waals surface area (Å²) in [6.07, 6.45) is 1.85. The molecule has 5 heteroatoms. The maximum absolute atomic E-state index is 6.15. The van der Waals surface area contributed by atoms with Gasteiger partial charge < -0.3 is 0 Å². The second kappa shape index (κ2) is 4.99. The van der Waals surface area contributed by atoms with E-state index in [0.717, 1.165) is 4.82 Å². The Hall–Kier alpha value is 0.824. The zero-order valence-corrected chi connectivity index (χ0v) is 14.5. The van der Waals surface area contributed by atoms with E-state index in [2.05, 4.69) is 39.6 Å². The van der Waals surface area contributed by atoms with Gasteiger partial charge in [0.1, 0.15) is 0 Å². The Morgan fingerprint density at radius 2 is 1.53 bits per heavy atom. The molecule has 0 rings (SSSR count). The maximum atomic E-state index is 6.15. The molecule has 0 aromatic rings. The highest BCUT2D eigenvalue weighted by Crippen LogP contribution is 2.46. The van der Waals surface area contributed by atoms with Crippen molar-refractivity contribution < 1.29 is 0 Å². The number of allylic oxidation sites excluding steroid dienone is 1. The first-order valence-electron chi connectivity index (χ1n) is 4.93. The van der Waals surface area contributed by atoms with Crippen LogP contribution in [-0.4, -0.2) is 14.1 Å². The zero-order chi connectivity index (χ0) is 12.5. The number of hydrogen-bond acceptors (Lipinski definition) is 0. The summed E-state index contributed by atoms with van der Waals surface area (Å²) in [6, 6.07) is -2.80. The summed E-state index contributed by atoms with van der Waals surface area (Å²) in [5.41, 5.74) is 3.19. The predicted molar refractivity (Wildman–Crippen MR) is 77.8 cm³/mol. The first kappa shape index (κ1) is 15.8. The third-order valence-electron chi connectivity index (χ3n) is 3.07. The Labute approximate surface area is 109 Å². The normalized spacial score (nSPS) is 13.4. The van der Waals surface area contributed by atoms with Crippen LogP contribution in [0, 0.1) is 0 Å². The van der Waals surface area contributed by atoms with Gasteiger partial charge in [0, 0.05) is 0 Å². The van der Waals surface area contributed by atoms with Crippen LogP contribution in [-0.2, 0) is 0 Å². The average molecular weight is 302 g/mol. The van der Waals surface area contributed by atoms with Gasteiger partial charge in [0.2, 0.25) is 0 Å².